The Morgan fingerprint density at radius 3 is 2.47 bits per heavy atom. The van der Waals surface area contributed by atoms with Crippen LogP contribution in [0.25, 0.3) is 0 Å². The van der Waals surface area contributed by atoms with Crippen molar-refractivity contribution in [3.63, 3.8) is 0 Å². The number of halogens is 1. The van der Waals surface area contributed by atoms with Crippen molar-refractivity contribution >= 4 is 28.9 Å². The molecule has 1 aliphatic heterocycles. The van der Waals surface area contributed by atoms with Gasteiger partial charge < -0.3 is 15.5 Å². The zero-order valence-electron chi connectivity index (χ0n) is 17.8. The van der Waals surface area contributed by atoms with Gasteiger partial charge in [-0.15, -0.1) is 10.2 Å². The van der Waals surface area contributed by atoms with Crippen LogP contribution in [0, 0.1) is 5.82 Å². The van der Waals surface area contributed by atoms with Crippen LogP contribution in [0.4, 0.5) is 21.6 Å². The molecule has 0 bridgehead atoms. The van der Waals surface area contributed by atoms with Gasteiger partial charge in [0.2, 0.25) is 0 Å². The molecule has 0 unspecified atom stereocenters. The molecule has 0 spiro atoms. The largest absolute Gasteiger partial charge is 0.379 e. The lowest BCUT2D eigenvalue weighted by Gasteiger charge is -2.15. The van der Waals surface area contributed by atoms with E-state index >= 15 is 0 Å². The van der Waals surface area contributed by atoms with Crippen molar-refractivity contribution in [3.8, 4) is 0 Å². The first kappa shape index (κ1) is 21.4. The summed E-state index contributed by atoms with van der Waals surface area (Å²) in [5, 5.41) is 14.4. The maximum absolute atomic E-state index is 13.4. The molecular formula is C24H24FN5O2. The van der Waals surface area contributed by atoms with Crippen molar-refractivity contribution in [3.05, 3.63) is 77.2 Å². The minimum Gasteiger partial charge on any atom is -0.379 e. The molecule has 0 aliphatic carbocycles. The second-order valence-electron chi connectivity index (χ2n) is 7.73. The summed E-state index contributed by atoms with van der Waals surface area (Å²) in [6.07, 6.45) is 2.10. The third kappa shape index (κ3) is 5.08. The quantitative estimate of drug-likeness (QED) is 0.537. The molecule has 0 atom stereocenters. The molecule has 1 fully saturated rings. The Morgan fingerprint density at radius 2 is 1.78 bits per heavy atom. The maximum Gasteiger partial charge on any atom is 0.253 e. The van der Waals surface area contributed by atoms with Crippen molar-refractivity contribution in [2.24, 2.45) is 0 Å². The number of ketones is 1. The predicted molar refractivity (Wildman–Crippen MR) is 121 cm³/mol. The summed E-state index contributed by atoms with van der Waals surface area (Å²) < 4.78 is 13.4. The Balaban J connectivity index is 1.48. The molecule has 1 aromatic heterocycles. The summed E-state index contributed by atoms with van der Waals surface area (Å²) in [4.78, 5) is 26.3. The van der Waals surface area contributed by atoms with Crippen LogP contribution in [-0.4, -0.2) is 39.9 Å². The first-order chi connectivity index (χ1) is 15.5. The number of carbonyl (C=O) groups excluding carboxylic acids is 2. The van der Waals surface area contributed by atoms with Gasteiger partial charge >= 0.3 is 0 Å². The number of carbonyl (C=O) groups is 2. The monoisotopic (exact) mass is 433 g/mol. The van der Waals surface area contributed by atoms with Crippen LogP contribution in [0.5, 0.6) is 0 Å². The van der Waals surface area contributed by atoms with Gasteiger partial charge in [0.1, 0.15) is 5.82 Å². The Hall–Kier alpha value is -3.81. The molecule has 164 valence electrons. The lowest BCUT2D eigenvalue weighted by atomic mass is 10.1. The van der Waals surface area contributed by atoms with Crippen LogP contribution in [0.15, 0.2) is 54.6 Å². The average Bonchev–Trinajstić information content (AvgIpc) is 3.33. The standard InChI is InChI=1S/C24H24FN5O2/c1-16(31)23-21(26-15-17-5-4-6-19(25)13-17)14-22(28-29-23)27-20-9-7-18(8-10-20)24(32)30-11-2-3-12-30/h4-10,13-14H,2-3,11-12,15H2,1H3,(H2,26,27,28). The fourth-order valence-corrected chi connectivity index (χ4v) is 3.64. The van der Waals surface area contributed by atoms with Crippen molar-refractivity contribution in [1.82, 2.24) is 15.1 Å². The predicted octanol–water partition coefficient (Wildman–Crippen LogP) is 4.41. The number of nitrogens with zero attached hydrogens (tertiary/aromatic N) is 3. The molecule has 1 saturated heterocycles. The summed E-state index contributed by atoms with van der Waals surface area (Å²) in [6.45, 7) is 3.36. The SMILES string of the molecule is CC(=O)c1nnc(Nc2ccc(C(=O)N3CCCC3)cc2)cc1NCc1cccc(F)c1. The summed E-state index contributed by atoms with van der Waals surface area (Å²) in [5.41, 5.74) is 2.83. The third-order valence-electron chi connectivity index (χ3n) is 5.30. The molecule has 0 saturated carbocycles. The van der Waals surface area contributed by atoms with E-state index in [0.717, 1.165) is 37.2 Å². The molecule has 7 nitrogen and oxygen atoms in total. The van der Waals surface area contributed by atoms with Crippen LogP contribution < -0.4 is 10.6 Å². The van der Waals surface area contributed by atoms with Gasteiger partial charge in [0.25, 0.3) is 5.91 Å². The van der Waals surface area contributed by atoms with Gasteiger partial charge in [-0.05, 0) is 54.8 Å². The molecule has 0 radical (unpaired) electrons. The van der Waals surface area contributed by atoms with Crippen LogP contribution in [0.1, 0.15) is 46.2 Å². The van der Waals surface area contributed by atoms with Gasteiger partial charge in [0.05, 0.1) is 5.69 Å². The zero-order chi connectivity index (χ0) is 22.5. The fraction of sp³-hybridized carbons (Fsp3) is 0.250. The Labute approximate surface area is 185 Å². The van der Waals surface area contributed by atoms with E-state index in [1.165, 1.54) is 19.1 Å². The van der Waals surface area contributed by atoms with Gasteiger partial charge in [0, 0.05) is 43.9 Å². The number of rotatable bonds is 7. The van der Waals surface area contributed by atoms with E-state index in [9.17, 15) is 14.0 Å². The first-order valence-corrected chi connectivity index (χ1v) is 10.5. The minimum absolute atomic E-state index is 0.0449. The fourth-order valence-electron chi connectivity index (χ4n) is 3.64. The number of anilines is 3. The first-order valence-electron chi connectivity index (χ1n) is 10.5. The van der Waals surface area contributed by atoms with Crippen molar-refractivity contribution in [1.29, 1.82) is 0 Å². The summed E-state index contributed by atoms with van der Waals surface area (Å²) >= 11 is 0. The second-order valence-corrected chi connectivity index (χ2v) is 7.73. The van der Waals surface area contributed by atoms with Crippen molar-refractivity contribution in [2.45, 2.75) is 26.3 Å². The number of Topliss-reactive ketones (excluding diaryl/α,β-unsaturated/α-hetero) is 1. The van der Waals surface area contributed by atoms with Crippen LogP contribution in [0.2, 0.25) is 0 Å². The summed E-state index contributed by atoms with van der Waals surface area (Å²) in [6, 6.07) is 15.1. The number of benzene rings is 2. The molecule has 1 amide bonds. The lowest BCUT2D eigenvalue weighted by Crippen LogP contribution is -2.27. The number of nitrogens with one attached hydrogen (secondary N) is 2. The highest BCUT2D eigenvalue weighted by Gasteiger charge is 2.19. The molecule has 3 aromatic rings. The highest BCUT2D eigenvalue weighted by molar-refractivity contribution is 5.98. The molecule has 2 aromatic carbocycles. The Kier molecular flexibility index (Phi) is 6.39. The maximum atomic E-state index is 13.4. The van der Waals surface area contributed by atoms with Crippen LogP contribution in [-0.2, 0) is 6.54 Å². The summed E-state index contributed by atoms with van der Waals surface area (Å²) in [5.74, 6) is -0.0626. The topological polar surface area (TPSA) is 87.2 Å². The van der Waals surface area contributed by atoms with Crippen LogP contribution in [0.3, 0.4) is 0 Å². The number of likely N-dealkylation sites (tertiary alicyclic amines) is 1. The Bertz CT molecular complexity index is 1130. The molecule has 2 heterocycles. The third-order valence-corrected chi connectivity index (χ3v) is 5.30. The van der Waals surface area contributed by atoms with E-state index in [4.69, 9.17) is 0 Å². The molecule has 2 N–H and O–H groups in total. The van der Waals surface area contributed by atoms with E-state index in [1.807, 2.05) is 17.0 Å². The van der Waals surface area contributed by atoms with E-state index < -0.39 is 0 Å². The Morgan fingerprint density at radius 1 is 1.03 bits per heavy atom. The smallest absolute Gasteiger partial charge is 0.253 e. The van der Waals surface area contributed by atoms with Gasteiger partial charge in [-0.2, -0.15) is 0 Å². The van der Waals surface area contributed by atoms with Crippen LogP contribution >= 0.6 is 0 Å². The molecule has 32 heavy (non-hydrogen) atoms. The van der Waals surface area contributed by atoms with E-state index in [0.29, 0.717) is 23.6 Å². The van der Waals surface area contributed by atoms with Gasteiger partial charge in [-0.1, -0.05) is 12.1 Å². The minimum atomic E-state index is -0.321. The molecular weight excluding hydrogens is 409 g/mol. The van der Waals surface area contributed by atoms with Crippen molar-refractivity contribution in [2.75, 3.05) is 23.7 Å². The zero-order valence-corrected chi connectivity index (χ0v) is 17.8. The van der Waals surface area contributed by atoms with Gasteiger partial charge in [-0.25, -0.2) is 4.39 Å². The van der Waals surface area contributed by atoms with E-state index in [1.54, 1.807) is 30.3 Å². The van der Waals surface area contributed by atoms with E-state index in [2.05, 4.69) is 20.8 Å². The number of hydrogen-bond donors (Lipinski definition) is 2. The highest BCUT2D eigenvalue weighted by Crippen LogP contribution is 2.22. The van der Waals surface area contributed by atoms with Gasteiger partial charge in [0.15, 0.2) is 17.3 Å². The molecule has 4 rings (SSSR count). The molecule has 1 aliphatic rings. The highest BCUT2D eigenvalue weighted by atomic mass is 19.1. The number of hydrogen-bond acceptors (Lipinski definition) is 6. The lowest BCUT2D eigenvalue weighted by molar-refractivity contribution is 0.0792. The van der Waals surface area contributed by atoms with Crippen molar-refractivity contribution < 1.29 is 14.0 Å². The normalized spacial score (nSPS) is 13.1. The number of amides is 1. The second kappa shape index (κ2) is 9.55. The summed E-state index contributed by atoms with van der Waals surface area (Å²) in [7, 11) is 0. The number of aromatic nitrogens is 2. The average molecular weight is 433 g/mol. The molecule has 8 heteroatoms. The van der Waals surface area contributed by atoms with Gasteiger partial charge in [-0.3, -0.25) is 9.59 Å². The van der Waals surface area contributed by atoms with E-state index in [-0.39, 0.29) is 23.2 Å².